The van der Waals surface area contributed by atoms with E-state index < -0.39 is 12.0 Å². The number of carboxylic acids is 1. The van der Waals surface area contributed by atoms with Gasteiger partial charge < -0.3 is 15.6 Å². The molecule has 0 aliphatic carbocycles. The smallest absolute Gasteiger partial charge is 0.180 e. The van der Waals surface area contributed by atoms with Gasteiger partial charge in [0.25, 0.3) is 0 Å². The summed E-state index contributed by atoms with van der Waals surface area (Å²) in [6.07, 6.45) is 1.63. The number of halogens is 1. The summed E-state index contributed by atoms with van der Waals surface area (Å²) in [5.74, 6) is -0.979. The Morgan fingerprint density at radius 1 is 1.65 bits per heavy atom. The van der Waals surface area contributed by atoms with Gasteiger partial charge >= 0.3 is 0 Å². The van der Waals surface area contributed by atoms with Crippen LogP contribution in [0.2, 0.25) is 0 Å². The zero-order valence-electron chi connectivity index (χ0n) is 8.92. The molecule has 2 rings (SSSR count). The molecule has 7 nitrogen and oxygen atoms in total. The second-order valence-electron chi connectivity index (χ2n) is 3.43. The van der Waals surface area contributed by atoms with Gasteiger partial charge in [-0.1, -0.05) is 6.92 Å². The van der Waals surface area contributed by atoms with Crippen molar-refractivity contribution in [2.45, 2.75) is 19.4 Å². The van der Waals surface area contributed by atoms with Crippen LogP contribution in [0, 0.1) is 0 Å². The fourth-order valence-corrected chi connectivity index (χ4v) is 2.22. The molecule has 0 aliphatic rings. The fraction of sp³-hybridized carbons (Fsp3) is 0.333. The molecule has 1 unspecified atom stereocenters. The summed E-state index contributed by atoms with van der Waals surface area (Å²) < 4.78 is 1.78. The number of rotatable bonds is 3. The normalized spacial score (nSPS) is 12.8. The number of anilines is 1. The molecular weight excluding hydrogens is 290 g/mol. The van der Waals surface area contributed by atoms with E-state index in [1.54, 1.807) is 6.92 Å². The summed E-state index contributed by atoms with van der Waals surface area (Å²) >= 11 is 3.19. The van der Waals surface area contributed by atoms with E-state index in [1.807, 2.05) is 0 Å². The number of nitrogen functional groups attached to an aromatic ring is 1. The van der Waals surface area contributed by atoms with E-state index in [-0.39, 0.29) is 5.82 Å². The number of carboxylic acid groups (broad SMARTS) is 1. The Kier molecular flexibility index (Phi) is 2.97. The van der Waals surface area contributed by atoms with Crippen LogP contribution in [0.25, 0.3) is 11.2 Å². The zero-order valence-corrected chi connectivity index (χ0v) is 10.5. The molecule has 17 heavy (non-hydrogen) atoms. The van der Waals surface area contributed by atoms with Gasteiger partial charge in [-0.15, -0.1) is 0 Å². The van der Waals surface area contributed by atoms with Crippen molar-refractivity contribution in [3.8, 4) is 0 Å². The van der Waals surface area contributed by atoms with Crippen LogP contribution < -0.4 is 10.8 Å². The monoisotopic (exact) mass is 298 g/mol. The molecule has 0 radical (unpaired) electrons. The van der Waals surface area contributed by atoms with E-state index in [9.17, 15) is 9.90 Å². The summed E-state index contributed by atoms with van der Waals surface area (Å²) in [5.41, 5.74) is 6.39. The average molecular weight is 299 g/mol. The first kappa shape index (κ1) is 11.8. The molecule has 0 aromatic carbocycles. The van der Waals surface area contributed by atoms with Crippen LogP contribution in [0.3, 0.4) is 0 Å². The van der Waals surface area contributed by atoms with E-state index in [4.69, 9.17) is 5.73 Å². The van der Waals surface area contributed by atoms with Crippen molar-refractivity contribution in [3.05, 3.63) is 11.1 Å². The Labute approximate surface area is 105 Å². The van der Waals surface area contributed by atoms with Gasteiger partial charge in [0, 0.05) is 0 Å². The molecule has 2 aromatic heterocycles. The van der Waals surface area contributed by atoms with Crippen LogP contribution in [0.5, 0.6) is 0 Å². The van der Waals surface area contributed by atoms with E-state index in [0.717, 1.165) is 0 Å². The van der Waals surface area contributed by atoms with Crippen LogP contribution in [-0.2, 0) is 4.79 Å². The summed E-state index contributed by atoms with van der Waals surface area (Å²) in [6.45, 7) is 1.74. The van der Waals surface area contributed by atoms with Crippen molar-refractivity contribution >= 4 is 38.9 Å². The van der Waals surface area contributed by atoms with E-state index in [2.05, 4.69) is 30.9 Å². The average Bonchev–Trinajstić information content (AvgIpc) is 2.59. The molecule has 0 bridgehead atoms. The van der Waals surface area contributed by atoms with Gasteiger partial charge in [0.1, 0.15) is 6.33 Å². The van der Waals surface area contributed by atoms with Gasteiger partial charge in [-0.05, 0) is 22.4 Å². The number of fused-ring (bicyclic) bond motifs is 1. The summed E-state index contributed by atoms with van der Waals surface area (Å²) in [7, 11) is 0. The number of nitrogens with two attached hydrogens (primary N) is 1. The van der Waals surface area contributed by atoms with Crippen LogP contribution in [-0.4, -0.2) is 25.5 Å². The number of aromatic nitrogens is 4. The lowest BCUT2D eigenvalue weighted by atomic mass is 10.2. The predicted molar refractivity (Wildman–Crippen MR) is 61.8 cm³/mol. The third-order valence-electron chi connectivity index (χ3n) is 2.43. The van der Waals surface area contributed by atoms with Crippen molar-refractivity contribution < 1.29 is 9.90 Å². The van der Waals surface area contributed by atoms with Gasteiger partial charge in [-0.3, -0.25) is 4.57 Å². The highest BCUT2D eigenvalue weighted by Gasteiger charge is 2.19. The van der Waals surface area contributed by atoms with Crippen molar-refractivity contribution in [2.75, 3.05) is 5.73 Å². The van der Waals surface area contributed by atoms with Crippen LogP contribution >= 0.6 is 15.9 Å². The van der Waals surface area contributed by atoms with Gasteiger partial charge in [-0.2, -0.15) is 0 Å². The zero-order chi connectivity index (χ0) is 12.6. The third-order valence-corrected chi connectivity index (χ3v) is 2.99. The molecule has 0 aliphatic heterocycles. The van der Waals surface area contributed by atoms with Gasteiger partial charge in [-0.25, -0.2) is 15.0 Å². The Bertz CT molecular complexity index is 582. The molecule has 0 spiro atoms. The fourth-order valence-electron chi connectivity index (χ4n) is 1.63. The minimum Gasteiger partial charge on any atom is -0.548 e. The summed E-state index contributed by atoms with van der Waals surface area (Å²) in [6, 6.07) is -0.844. The van der Waals surface area contributed by atoms with E-state index in [0.29, 0.717) is 22.3 Å². The molecule has 1 atom stereocenters. The lowest BCUT2D eigenvalue weighted by Crippen LogP contribution is -2.33. The quantitative estimate of drug-likeness (QED) is 0.791. The van der Waals surface area contributed by atoms with Crippen molar-refractivity contribution in [1.82, 2.24) is 19.5 Å². The van der Waals surface area contributed by atoms with Crippen molar-refractivity contribution in [1.29, 1.82) is 0 Å². The van der Waals surface area contributed by atoms with E-state index >= 15 is 0 Å². The number of hydrogen-bond acceptors (Lipinski definition) is 6. The van der Waals surface area contributed by atoms with Gasteiger partial charge in [0.05, 0.1) is 12.0 Å². The number of carbonyl (C=O) groups is 1. The number of nitrogens with zero attached hydrogens (tertiary/aromatic N) is 4. The number of hydrogen-bond donors (Lipinski definition) is 1. The predicted octanol–water partition coefficient (Wildman–Crippen LogP) is -0.128. The second kappa shape index (κ2) is 4.28. The largest absolute Gasteiger partial charge is 0.548 e. The van der Waals surface area contributed by atoms with Gasteiger partial charge in [0.15, 0.2) is 21.7 Å². The Hall–Kier alpha value is -1.70. The number of imidazole rings is 1. The van der Waals surface area contributed by atoms with Crippen LogP contribution in [0.4, 0.5) is 5.82 Å². The first-order valence-corrected chi connectivity index (χ1v) is 5.70. The topological polar surface area (TPSA) is 110 Å². The maximum absolute atomic E-state index is 11.1. The number of aliphatic carboxylic acids is 1. The molecule has 8 heteroatoms. The molecule has 2 heterocycles. The third kappa shape index (κ3) is 1.84. The molecule has 0 saturated heterocycles. The molecule has 0 amide bonds. The summed E-state index contributed by atoms with van der Waals surface area (Å²) in [4.78, 5) is 23.0. The standard InChI is InChI=1S/C9H10BrN5O2/c1-2-4(8(16)17)15-7-5(14-9(15)10)6(11)12-3-13-7/h3-4H,2H2,1H3,(H,16,17)(H2,11,12,13)/p-1. The maximum Gasteiger partial charge on any atom is 0.180 e. The molecule has 2 aromatic rings. The van der Waals surface area contributed by atoms with Crippen molar-refractivity contribution in [2.24, 2.45) is 0 Å². The number of carbonyl (C=O) groups excluding carboxylic acids is 1. The molecule has 0 saturated carbocycles. The highest BCUT2D eigenvalue weighted by atomic mass is 79.9. The van der Waals surface area contributed by atoms with Crippen LogP contribution in [0.15, 0.2) is 11.1 Å². The Morgan fingerprint density at radius 2 is 2.35 bits per heavy atom. The summed E-state index contributed by atoms with van der Waals surface area (Å²) in [5, 5.41) is 11.1. The lowest BCUT2D eigenvalue weighted by molar-refractivity contribution is -0.310. The molecular formula is C9H9BrN5O2-. The molecule has 2 N–H and O–H groups in total. The minimum atomic E-state index is -1.19. The highest BCUT2D eigenvalue weighted by molar-refractivity contribution is 9.10. The van der Waals surface area contributed by atoms with Gasteiger partial charge in [0.2, 0.25) is 0 Å². The molecule has 0 fully saturated rings. The highest BCUT2D eigenvalue weighted by Crippen LogP contribution is 2.26. The lowest BCUT2D eigenvalue weighted by Gasteiger charge is -2.18. The Morgan fingerprint density at radius 3 is 2.94 bits per heavy atom. The first-order valence-electron chi connectivity index (χ1n) is 4.91. The minimum absolute atomic E-state index is 0.211. The van der Waals surface area contributed by atoms with Crippen LogP contribution in [0.1, 0.15) is 19.4 Å². The molecule has 90 valence electrons. The van der Waals surface area contributed by atoms with Crippen molar-refractivity contribution in [3.63, 3.8) is 0 Å². The Balaban J connectivity index is 2.72. The SMILES string of the molecule is CCC(C(=O)[O-])n1c(Br)nc2c(N)ncnc21. The second-order valence-corrected chi connectivity index (χ2v) is 4.13. The first-order chi connectivity index (χ1) is 8.06. The van der Waals surface area contributed by atoms with E-state index in [1.165, 1.54) is 10.9 Å². The maximum atomic E-state index is 11.1.